The van der Waals surface area contributed by atoms with E-state index in [2.05, 4.69) is 25.7 Å². The van der Waals surface area contributed by atoms with Crippen molar-refractivity contribution < 1.29 is 5.11 Å². The summed E-state index contributed by atoms with van der Waals surface area (Å²) in [5.41, 5.74) is 5.38. The lowest BCUT2D eigenvalue weighted by Crippen LogP contribution is -2.49. The maximum Gasteiger partial charge on any atom is 0.0742 e. The molecular formula is C10H20N2OS. The van der Waals surface area contributed by atoms with Gasteiger partial charge in [0, 0.05) is 24.5 Å². The zero-order chi connectivity index (χ0) is 10.9. The molecule has 0 radical (unpaired) electrons. The normalized spacial score (nSPS) is 29.0. The van der Waals surface area contributed by atoms with E-state index in [-0.39, 0.29) is 11.6 Å². The molecule has 14 heavy (non-hydrogen) atoms. The largest absolute Gasteiger partial charge is 0.393 e. The van der Waals surface area contributed by atoms with Gasteiger partial charge in [-0.25, -0.2) is 0 Å². The van der Waals surface area contributed by atoms with Gasteiger partial charge in [0.25, 0.3) is 0 Å². The first-order valence-electron chi connectivity index (χ1n) is 5.09. The van der Waals surface area contributed by atoms with Crippen molar-refractivity contribution in [3.63, 3.8) is 0 Å². The van der Waals surface area contributed by atoms with Crippen LogP contribution in [-0.4, -0.2) is 39.2 Å². The van der Waals surface area contributed by atoms with E-state index < -0.39 is 0 Å². The molecule has 1 aliphatic rings. The molecule has 0 aromatic heterocycles. The molecule has 82 valence electrons. The average molecular weight is 216 g/mol. The van der Waals surface area contributed by atoms with Gasteiger partial charge in [-0.05, 0) is 27.2 Å². The summed E-state index contributed by atoms with van der Waals surface area (Å²) in [6, 6.07) is 0.319. The standard InChI is InChI=1S/C10H20N2OS/c1-7(6-9(11)14)12-5-4-8(13)10(12,2)3/h7-8,13H,4-6H2,1-3H3,(H2,11,14). The van der Waals surface area contributed by atoms with Gasteiger partial charge in [0.05, 0.1) is 11.1 Å². The predicted octanol–water partition coefficient (Wildman–Crippen LogP) is 0.896. The summed E-state index contributed by atoms with van der Waals surface area (Å²) in [6.45, 7) is 7.18. The molecule has 0 saturated carbocycles. The number of hydrogen-bond acceptors (Lipinski definition) is 3. The second-order valence-corrected chi connectivity index (χ2v) is 5.20. The second kappa shape index (κ2) is 4.13. The highest BCUT2D eigenvalue weighted by atomic mass is 32.1. The fourth-order valence-corrected chi connectivity index (χ4v) is 2.53. The molecule has 0 aromatic carbocycles. The summed E-state index contributed by atoms with van der Waals surface area (Å²) < 4.78 is 0. The van der Waals surface area contributed by atoms with Crippen molar-refractivity contribution in [2.45, 2.75) is 51.3 Å². The fraction of sp³-hybridized carbons (Fsp3) is 0.900. The second-order valence-electron chi connectivity index (χ2n) is 4.67. The number of rotatable bonds is 3. The third kappa shape index (κ3) is 2.24. The van der Waals surface area contributed by atoms with Crippen molar-refractivity contribution >= 4 is 17.2 Å². The van der Waals surface area contributed by atoms with Crippen molar-refractivity contribution in [2.24, 2.45) is 5.73 Å². The van der Waals surface area contributed by atoms with E-state index in [1.807, 2.05) is 0 Å². The SMILES string of the molecule is CC(CC(N)=S)N1CCC(O)C1(C)C. The summed E-state index contributed by atoms with van der Waals surface area (Å²) in [6.07, 6.45) is 1.33. The van der Waals surface area contributed by atoms with Gasteiger partial charge in [-0.3, -0.25) is 4.90 Å². The Bertz CT molecular complexity index is 230. The van der Waals surface area contributed by atoms with Crippen molar-refractivity contribution in [2.75, 3.05) is 6.54 Å². The zero-order valence-corrected chi connectivity index (χ0v) is 9.97. The van der Waals surface area contributed by atoms with Gasteiger partial charge < -0.3 is 10.8 Å². The Morgan fingerprint density at radius 1 is 1.71 bits per heavy atom. The van der Waals surface area contributed by atoms with Crippen LogP contribution in [0, 0.1) is 0 Å². The highest BCUT2D eigenvalue weighted by Gasteiger charge is 2.42. The molecule has 0 bridgehead atoms. The Balaban J connectivity index is 2.65. The molecule has 3 nitrogen and oxygen atoms in total. The topological polar surface area (TPSA) is 49.5 Å². The van der Waals surface area contributed by atoms with Gasteiger partial charge >= 0.3 is 0 Å². The maximum atomic E-state index is 9.80. The molecule has 1 rings (SSSR count). The molecule has 1 saturated heterocycles. The molecule has 2 atom stereocenters. The third-order valence-electron chi connectivity index (χ3n) is 3.23. The Morgan fingerprint density at radius 3 is 2.64 bits per heavy atom. The van der Waals surface area contributed by atoms with Gasteiger partial charge in [0.1, 0.15) is 0 Å². The summed E-state index contributed by atoms with van der Waals surface area (Å²) in [5.74, 6) is 0. The molecule has 3 N–H and O–H groups in total. The Labute approximate surface area is 91.3 Å². The Kier molecular flexibility index (Phi) is 3.50. The van der Waals surface area contributed by atoms with Gasteiger partial charge in [0.15, 0.2) is 0 Å². The number of hydrogen-bond donors (Lipinski definition) is 2. The zero-order valence-electron chi connectivity index (χ0n) is 9.16. The molecule has 1 fully saturated rings. The van der Waals surface area contributed by atoms with Gasteiger partial charge in [-0.1, -0.05) is 12.2 Å². The maximum absolute atomic E-state index is 9.80. The van der Waals surface area contributed by atoms with Gasteiger partial charge in [-0.15, -0.1) is 0 Å². The van der Waals surface area contributed by atoms with Gasteiger partial charge in [0.2, 0.25) is 0 Å². The molecule has 1 aliphatic heterocycles. The van der Waals surface area contributed by atoms with Crippen LogP contribution in [0.5, 0.6) is 0 Å². The van der Waals surface area contributed by atoms with Crippen LogP contribution in [-0.2, 0) is 0 Å². The highest BCUT2D eigenvalue weighted by molar-refractivity contribution is 7.80. The van der Waals surface area contributed by atoms with E-state index in [4.69, 9.17) is 18.0 Å². The third-order valence-corrected chi connectivity index (χ3v) is 3.39. The number of aliphatic hydroxyl groups excluding tert-OH is 1. The molecule has 4 heteroatoms. The van der Waals surface area contributed by atoms with E-state index in [1.54, 1.807) is 0 Å². The molecule has 0 amide bonds. The van der Waals surface area contributed by atoms with E-state index in [1.165, 1.54) is 0 Å². The number of likely N-dealkylation sites (tertiary alicyclic amines) is 1. The van der Waals surface area contributed by atoms with Crippen LogP contribution < -0.4 is 5.73 Å². The first kappa shape index (κ1) is 11.9. The van der Waals surface area contributed by atoms with Crippen LogP contribution in [0.2, 0.25) is 0 Å². The van der Waals surface area contributed by atoms with E-state index >= 15 is 0 Å². The molecule has 2 unspecified atom stereocenters. The smallest absolute Gasteiger partial charge is 0.0742 e. The van der Waals surface area contributed by atoms with Crippen molar-refractivity contribution in [3.05, 3.63) is 0 Å². The van der Waals surface area contributed by atoms with Crippen LogP contribution in [0.3, 0.4) is 0 Å². The van der Waals surface area contributed by atoms with Crippen LogP contribution >= 0.6 is 12.2 Å². The molecule has 0 aliphatic carbocycles. The van der Waals surface area contributed by atoms with Crippen LogP contribution in [0.4, 0.5) is 0 Å². The van der Waals surface area contributed by atoms with E-state index in [0.717, 1.165) is 19.4 Å². The van der Waals surface area contributed by atoms with Crippen molar-refractivity contribution in [1.29, 1.82) is 0 Å². The van der Waals surface area contributed by atoms with Crippen LogP contribution in [0.1, 0.15) is 33.6 Å². The van der Waals surface area contributed by atoms with Crippen LogP contribution in [0.15, 0.2) is 0 Å². The monoisotopic (exact) mass is 216 g/mol. The summed E-state index contributed by atoms with van der Waals surface area (Å²) in [5, 5.41) is 9.80. The first-order valence-corrected chi connectivity index (χ1v) is 5.49. The summed E-state index contributed by atoms with van der Waals surface area (Å²) in [4.78, 5) is 2.84. The van der Waals surface area contributed by atoms with E-state index in [9.17, 15) is 5.11 Å². The minimum absolute atomic E-state index is 0.149. The lowest BCUT2D eigenvalue weighted by molar-refractivity contribution is 0.0361. The van der Waals surface area contributed by atoms with Crippen molar-refractivity contribution in [1.82, 2.24) is 4.90 Å². The number of thiocarbonyl (C=S) groups is 1. The quantitative estimate of drug-likeness (QED) is 0.688. The summed E-state index contributed by atoms with van der Waals surface area (Å²) >= 11 is 4.90. The van der Waals surface area contributed by atoms with Crippen molar-refractivity contribution in [3.8, 4) is 0 Å². The van der Waals surface area contributed by atoms with Crippen LogP contribution in [0.25, 0.3) is 0 Å². The number of aliphatic hydroxyl groups is 1. The fourth-order valence-electron chi connectivity index (χ4n) is 2.28. The summed E-state index contributed by atoms with van der Waals surface area (Å²) in [7, 11) is 0. The lowest BCUT2D eigenvalue weighted by Gasteiger charge is -2.38. The molecule has 1 heterocycles. The van der Waals surface area contributed by atoms with E-state index in [0.29, 0.717) is 11.0 Å². The molecular weight excluding hydrogens is 196 g/mol. The Hall–Kier alpha value is -0.190. The Morgan fingerprint density at radius 2 is 2.29 bits per heavy atom. The number of nitrogens with two attached hydrogens (primary N) is 1. The molecule has 0 aromatic rings. The minimum Gasteiger partial charge on any atom is -0.393 e. The lowest BCUT2D eigenvalue weighted by atomic mass is 9.97. The van der Waals surface area contributed by atoms with Gasteiger partial charge in [-0.2, -0.15) is 0 Å². The number of nitrogens with zero attached hydrogens (tertiary/aromatic N) is 1. The molecule has 0 spiro atoms. The average Bonchev–Trinajstić information content (AvgIpc) is 2.26. The first-order chi connectivity index (χ1) is 6.35. The highest BCUT2D eigenvalue weighted by Crippen LogP contribution is 2.31. The minimum atomic E-state index is -0.240. The predicted molar refractivity (Wildman–Crippen MR) is 62.3 cm³/mol.